The first-order valence-corrected chi connectivity index (χ1v) is 6.75. The third-order valence-corrected chi connectivity index (χ3v) is 4.18. The van der Waals surface area contributed by atoms with Crippen LogP contribution in [0.25, 0.3) is 0 Å². The summed E-state index contributed by atoms with van der Waals surface area (Å²) >= 11 is 0. The van der Waals surface area contributed by atoms with Crippen LogP contribution in [-0.4, -0.2) is 35.6 Å². The third kappa shape index (κ3) is 2.67. The average molecular weight is 264 g/mol. The van der Waals surface area contributed by atoms with Crippen LogP contribution < -0.4 is 0 Å². The van der Waals surface area contributed by atoms with Crippen molar-refractivity contribution in [2.45, 2.75) is 37.8 Å². The monoisotopic (exact) mass is 264 g/mol. The number of ether oxygens (including phenoxy) is 2. The Labute approximate surface area is 113 Å². The van der Waals surface area contributed by atoms with Gasteiger partial charge in [0, 0.05) is 11.0 Å². The van der Waals surface area contributed by atoms with Gasteiger partial charge in [0.1, 0.15) is 0 Å². The molecule has 2 saturated heterocycles. The van der Waals surface area contributed by atoms with Crippen molar-refractivity contribution in [3.05, 3.63) is 35.9 Å². The van der Waals surface area contributed by atoms with Crippen LogP contribution in [0.1, 0.15) is 25.3 Å². The number of rotatable bonds is 6. The highest BCUT2D eigenvalue weighted by Gasteiger charge is 2.52. The quantitative estimate of drug-likeness (QED) is 0.602. The zero-order chi connectivity index (χ0) is 13.5. The fraction of sp³-hybridized carbons (Fsp3) is 0.600. The van der Waals surface area contributed by atoms with Gasteiger partial charge in [0.2, 0.25) is 0 Å². The van der Waals surface area contributed by atoms with E-state index in [-0.39, 0.29) is 12.2 Å². The lowest BCUT2D eigenvalue weighted by Crippen LogP contribution is -2.45. The van der Waals surface area contributed by atoms with Gasteiger partial charge in [-0.15, -0.1) is 0 Å². The first-order chi connectivity index (χ1) is 9.01. The molecule has 1 aromatic carbocycles. The van der Waals surface area contributed by atoms with E-state index in [1.807, 2.05) is 25.1 Å². The molecule has 2 atom stereocenters. The van der Waals surface area contributed by atoms with Crippen molar-refractivity contribution in [3.8, 4) is 0 Å². The Morgan fingerprint density at radius 2 is 1.53 bits per heavy atom. The molecule has 0 amide bonds. The Morgan fingerprint density at radius 1 is 1.05 bits per heavy atom. The minimum absolute atomic E-state index is 0.145. The van der Waals surface area contributed by atoms with Crippen LogP contribution in [-0.2, 0) is 15.3 Å². The molecule has 0 saturated carbocycles. The molecule has 2 heterocycles. The van der Waals surface area contributed by atoms with Crippen LogP contribution in [0.3, 0.4) is 0 Å². The molecule has 4 heteroatoms. The van der Waals surface area contributed by atoms with Crippen LogP contribution in [0.4, 0.5) is 0 Å². The Balaban J connectivity index is 1.87. The number of hydrogen-bond donors (Lipinski definition) is 2. The predicted molar refractivity (Wildman–Crippen MR) is 69.4 cm³/mol. The van der Waals surface area contributed by atoms with Crippen molar-refractivity contribution in [2.75, 3.05) is 13.2 Å². The number of benzene rings is 1. The maximum atomic E-state index is 10.7. The first-order valence-electron chi connectivity index (χ1n) is 6.75. The van der Waals surface area contributed by atoms with Crippen molar-refractivity contribution in [1.82, 2.24) is 0 Å². The van der Waals surface area contributed by atoms with Gasteiger partial charge in [-0.1, -0.05) is 37.3 Å². The van der Waals surface area contributed by atoms with Crippen molar-refractivity contribution in [1.29, 1.82) is 0 Å². The Morgan fingerprint density at radius 3 is 1.95 bits per heavy atom. The minimum atomic E-state index is -1.87. The Kier molecular flexibility index (Phi) is 3.14. The summed E-state index contributed by atoms with van der Waals surface area (Å²) in [5, 5.41) is 21.4. The standard InChI is InChI=1S/C15H20O4/c1-14(7-12-9-18-12,8-13-10-19-13)15(16,17)11-5-3-2-4-6-11/h2-6,12-13,16-17H,7-10H2,1H3. The zero-order valence-electron chi connectivity index (χ0n) is 11.1. The Hall–Kier alpha value is -0.940. The summed E-state index contributed by atoms with van der Waals surface area (Å²) in [6.07, 6.45) is 1.56. The van der Waals surface area contributed by atoms with Crippen LogP contribution >= 0.6 is 0 Å². The summed E-state index contributed by atoms with van der Waals surface area (Å²) in [5.41, 5.74) is -0.143. The Bertz CT molecular complexity index is 421. The molecule has 0 bridgehead atoms. The molecule has 0 radical (unpaired) electrons. The molecule has 104 valence electrons. The van der Waals surface area contributed by atoms with E-state index in [2.05, 4.69) is 0 Å². The second-order valence-electron chi connectivity index (χ2n) is 5.92. The molecular weight excluding hydrogens is 244 g/mol. The highest BCUT2D eigenvalue weighted by Crippen LogP contribution is 2.48. The largest absolute Gasteiger partial charge is 0.373 e. The van der Waals surface area contributed by atoms with E-state index in [0.717, 1.165) is 0 Å². The van der Waals surface area contributed by atoms with Crippen LogP contribution in [0, 0.1) is 5.41 Å². The van der Waals surface area contributed by atoms with E-state index in [9.17, 15) is 10.2 Å². The van der Waals surface area contributed by atoms with Crippen molar-refractivity contribution in [3.63, 3.8) is 0 Å². The number of epoxide rings is 2. The SMILES string of the molecule is CC(CC1CO1)(CC1CO1)C(O)(O)c1ccccc1. The molecular formula is C15H20O4. The summed E-state index contributed by atoms with van der Waals surface area (Å²) in [7, 11) is 0. The van der Waals surface area contributed by atoms with Crippen molar-refractivity contribution < 1.29 is 19.7 Å². The third-order valence-electron chi connectivity index (χ3n) is 4.18. The molecule has 19 heavy (non-hydrogen) atoms. The highest BCUT2D eigenvalue weighted by molar-refractivity contribution is 5.22. The van der Waals surface area contributed by atoms with Gasteiger partial charge in [-0.05, 0) is 12.8 Å². The summed E-state index contributed by atoms with van der Waals surface area (Å²) in [6, 6.07) is 9.00. The van der Waals surface area contributed by atoms with Gasteiger partial charge in [-0.2, -0.15) is 0 Å². The molecule has 2 aliphatic rings. The summed E-state index contributed by atoms with van der Waals surface area (Å²) < 4.78 is 10.5. The fourth-order valence-electron chi connectivity index (χ4n) is 2.76. The van der Waals surface area contributed by atoms with Crippen LogP contribution in [0.15, 0.2) is 30.3 Å². The van der Waals surface area contributed by atoms with Crippen molar-refractivity contribution >= 4 is 0 Å². The van der Waals surface area contributed by atoms with Gasteiger partial charge >= 0.3 is 0 Å². The van der Waals surface area contributed by atoms with Gasteiger partial charge in [0.25, 0.3) is 0 Å². The molecule has 0 aromatic heterocycles. The lowest BCUT2D eigenvalue weighted by atomic mass is 9.71. The lowest BCUT2D eigenvalue weighted by Gasteiger charge is -2.41. The smallest absolute Gasteiger partial charge is 0.195 e. The second kappa shape index (κ2) is 4.56. The molecule has 2 fully saturated rings. The zero-order valence-corrected chi connectivity index (χ0v) is 11.1. The average Bonchev–Trinajstić information content (AvgIpc) is 3.27. The van der Waals surface area contributed by atoms with Crippen molar-refractivity contribution in [2.24, 2.45) is 5.41 Å². The first kappa shape index (κ1) is 13.1. The van der Waals surface area contributed by atoms with E-state index >= 15 is 0 Å². The van der Waals surface area contributed by atoms with Crippen LogP contribution in [0.5, 0.6) is 0 Å². The fourth-order valence-corrected chi connectivity index (χ4v) is 2.76. The van der Waals surface area contributed by atoms with Gasteiger partial charge in [0.05, 0.1) is 25.4 Å². The van der Waals surface area contributed by atoms with E-state index in [1.165, 1.54) is 0 Å². The molecule has 2 N–H and O–H groups in total. The second-order valence-corrected chi connectivity index (χ2v) is 5.92. The summed E-state index contributed by atoms with van der Waals surface area (Å²) in [6.45, 7) is 3.33. The molecule has 0 spiro atoms. The number of hydrogen-bond acceptors (Lipinski definition) is 4. The molecule has 2 aliphatic heterocycles. The summed E-state index contributed by atoms with van der Waals surface area (Å²) in [4.78, 5) is 0. The summed E-state index contributed by atoms with van der Waals surface area (Å²) in [5.74, 6) is -1.87. The van der Waals surface area contributed by atoms with E-state index in [0.29, 0.717) is 31.6 Å². The molecule has 3 rings (SSSR count). The highest BCUT2D eigenvalue weighted by atomic mass is 16.6. The predicted octanol–water partition coefficient (Wildman–Crippen LogP) is 1.41. The normalized spacial score (nSPS) is 28.8. The molecule has 4 nitrogen and oxygen atoms in total. The maximum Gasteiger partial charge on any atom is 0.195 e. The van der Waals surface area contributed by atoms with E-state index in [4.69, 9.17) is 9.47 Å². The minimum Gasteiger partial charge on any atom is -0.373 e. The topological polar surface area (TPSA) is 65.5 Å². The van der Waals surface area contributed by atoms with E-state index < -0.39 is 11.2 Å². The number of aliphatic hydroxyl groups is 2. The van der Waals surface area contributed by atoms with Gasteiger partial charge in [-0.25, -0.2) is 0 Å². The lowest BCUT2D eigenvalue weighted by molar-refractivity contribution is -0.255. The van der Waals surface area contributed by atoms with Gasteiger partial charge in [-0.3, -0.25) is 0 Å². The molecule has 1 aromatic rings. The van der Waals surface area contributed by atoms with Crippen LogP contribution in [0.2, 0.25) is 0 Å². The van der Waals surface area contributed by atoms with Gasteiger partial charge in [0.15, 0.2) is 5.79 Å². The maximum absolute atomic E-state index is 10.7. The van der Waals surface area contributed by atoms with E-state index in [1.54, 1.807) is 12.1 Å². The molecule has 2 unspecified atom stereocenters. The van der Waals surface area contributed by atoms with Gasteiger partial charge < -0.3 is 19.7 Å². The molecule has 0 aliphatic carbocycles.